The van der Waals surface area contributed by atoms with Gasteiger partial charge in [0, 0.05) is 18.1 Å². The van der Waals surface area contributed by atoms with Gasteiger partial charge in [-0.2, -0.15) is 0 Å². The quantitative estimate of drug-likeness (QED) is 0.874. The van der Waals surface area contributed by atoms with Gasteiger partial charge >= 0.3 is 5.97 Å². The van der Waals surface area contributed by atoms with E-state index in [1.807, 2.05) is 19.9 Å². The average Bonchev–Trinajstić information content (AvgIpc) is 2.86. The van der Waals surface area contributed by atoms with Crippen LogP contribution in [0.4, 0.5) is 0 Å². The second-order valence-electron chi connectivity index (χ2n) is 5.31. The van der Waals surface area contributed by atoms with Crippen molar-refractivity contribution in [1.82, 2.24) is 5.32 Å². The highest BCUT2D eigenvalue weighted by molar-refractivity contribution is 7.14. The minimum Gasteiger partial charge on any atom is -0.480 e. The SMILES string of the molecule is CCc1sc(C(=O)NC(C(=O)O)C2CCOCC2)cc1C. The molecule has 1 atom stereocenters. The van der Waals surface area contributed by atoms with Crippen LogP contribution in [-0.4, -0.2) is 36.2 Å². The van der Waals surface area contributed by atoms with Crippen molar-refractivity contribution in [3.05, 3.63) is 21.4 Å². The summed E-state index contributed by atoms with van der Waals surface area (Å²) in [5, 5.41) is 12.1. The molecule has 1 fully saturated rings. The molecule has 1 saturated heterocycles. The summed E-state index contributed by atoms with van der Waals surface area (Å²) in [5.74, 6) is -1.33. The molecule has 5 nitrogen and oxygen atoms in total. The number of aliphatic carboxylic acids is 1. The van der Waals surface area contributed by atoms with Crippen molar-refractivity contribution < 1.29 is 19.4 Å². The topological polar surface area (TPSA) is 75.6 Å². The monoisotopic (exact) mass is 311 g/mol. The lowest BCUT2D eigenvalue weighted by Crippen LogP contribution is -2.47. The molecule has 21 heavy (non-hydrogen) atoms. The number of rotatable bonds is 5. The molecule has 2 N–H and O–H groups in total. The van der Waals surface area contributed by atoms with Crippen LogP contribution >= 0.6 is 11.3 Å². The highest BCUT2D eigenvalue weighted by atomic mass is 32.1. The maximum absolute atomic E-state index is 12.3. The Morgan fingerprint density at radius 3 is 2.67 bits per heavy atom. The molecule has 0 spiro atoms. The summed E-state index contributed by atoms with van der Waals surface area (Å²) in [6, 6.07) is 0.996. The molecule has 116 valence electrons. The fourth-order valence-electron chi connectivity index (χ4n) is 2.63. The number of aryl methyl sites for hydroxylation is 2. The van der Waals surface area contributed by atoms with Crippen molar-refractivity contribution in [2.45, 2.75) is 39.2 Å². The standard InChI is InChI=1S/C15H21NO4S/c1-3-11-9(2)8-12(21-11)14(17)16-13(15(18)19)10-4-6-20-7-5-10/h8,10,13H,3-7H2,1-2H3,(H,16,17)(H,18,19). The second kappa shape index (κ2) is 7.04. The van der Waals surface area contributed by atoms with Crippen molar-refractivity contribution in [2.75, 3.05) is 13.2 Å². The summed E-state index contributed by atoms with van der Waals surface area (Å²) in [6.07, 6.45) is 2.22. The van der Waals surface area contributed by atoms with Crippen LogP contribution in [0.15, 0.2) is 6.07 Å². The van der Waals surface area contributed by atoms with Gasteiger partial charge in [0.2, 0.25) is 0 Å². The van der Waals surface area contributed by atoms with Crippen molar-refractivity contribution >= 4 is 23.2 Å². The largest absolute Gasteiger partial charge is 0.480 e. The molecule has 1 unspecified atom stereocenters. The van der Waals surface area contributed by atoms with E-state index >= 15 is 0 Å². The molecule has 6 heteroatoms. The fourth-order valence-corrected chi connectivity index (χ4v) is 3.64. The number of amides is 1. The highest BCUT2D eigenvalue weighted by Gasteiger charge is 2.31. The zero-order valence-corrected chi connectivity index (χ0v) is 13.2. The molecule has 0 aromatic carbocycles. The van der Waals surface area contributed by atoms with E-state index < -0.39 is 12.0 Å². The van der Waals surface area contributed by atoms with Crippen LogP contribution in [0, 0.1) is 12.8 Å². The van der Waals surface area contributed by atoms with Gasteiger partial charge in [0.25, 0.3) is 5.91 Å². The Bertz CT molecular complexity index is 520. The minimum absolute atomic E-state index is 0.0631. The first-order valence-corrected chi connectivity index (χ1v) is 8.05. The van der Waals surface area contributed by atoms with E-state index in [4.69, 9.17) is 4.74 Å². The number of carbonyl (C=O) groups is 2. The van der Waals surface area contributed by atoms with Crippen molar-refractivity contribution in [3.8, 4) is 0 Å². The predicted molar refractivity (Wildman–Crippen MR) is 80.9 cm³/mol. The van der Waals surface area contributed by atoms with Gasteiger partial charge in [0.1, 0.15) is 6.04 Å². The number of hydrogen-bond acceptors (Lipinski definition) is 4. The molecule has 1 aliphatic heterocycles. The van der Waals surface area contributed by atoms with Crippen LogP contribution < -0.4 is 5.32 Å². The van der Waals surface area contributed by atoms with E-state index in [2.05, 4.69) is 5.32 Å². The van der Waals surface area contributed by atoms with Gasteiger partial charge in [0.15, 0.2) is 0 Å². The van der Waals surface area contributed by atoms with Crippen molar-refractivity contribution in [3.63, 3.8) is 0 Å². The van der Waals surface area contributed by atoms with Gasteiger partial charge in [-0.15, -0.1) is 11.3 Å². The Morgan fingerprint density at radius 1 is 1.48 bits per heavy atom. The molecule has 1 amide bonds. The number of carboxylic acids is 1. The Labute approximate surface area is 128 Å². The first-order valence-electron chi connectivity index (χ1n) is 7.23. The molecular formula is C15H21NO4S. The van der Waals surface area contributed by atoms with Crippen LogP contribution in [0.1, 0.15) is 39.9 Å². The third kappa shape index (κ3) is 3.83. The van der Waals surface area contributed by atoms with E-state index in [1.165, 1.54) is 11.3 Å². The first-order chi connectivity index (χ1) is 10.0. The first kappa shape index (κ1) is 16.0. The Hall–Kier alpha value is -1.40. The second-order valence-corrected chi connectivity index (χ2v) is 6.45. The van der Waals surface area contributed by atoms with E-state index in [0.29, 0.717) is 30.9 Å². The van der Waals surface area contributed by atoms with Gasteiger partial charge in [-0.05, 0) is 43.7 Å². The lowest BCUT2D eigenvalue weighted by Gasteiger charge is -2.27. The molecule has 0 radical (unpaired) electrons. The third-order valence-electron chi connectivity index (χ3n) is 3.86. The molecule has 2 heterocycles. The third-order valence-corrected chi connectivity index (χ3v) is 5.24. The lowest BCUT2D eigenvalue weighted by atomic mass is 9.91. The summed E-state index contributed by atoms with van der Waals surface area (Å²) < 4.78 is 5.25. The number of nitrogens with one attached hydrogen (secondary N) is 1. The lowest BCUT2D eigenvalue weighted by molar-refractivity contribution is -0.141. The van der Waals surface area contributed by atoms with Gasteiger partial charge in [0.05, 0.1) is 4.88 Å². The Balaban J connectivity index is 2.08. The average molecular weight is 311 g/mol. The van der Waals surface area contributed by atoms with Gasteiger partial charge < -0.3 is 15.2 Å². The predicted octanol–water partition coefficient (Wildman–Crippen LogP) is 2.23. The molecule has 1 aromatic heterocycles. The zero-order chi connectivity index (χ0) is 15.4. The number of carbonyl (C=O) groups excluding carboxylic acids is 1. The van der Waals surface area contributed by atoms with Gasteiger partial charge in [-0.25, -0.2) is 4.79 Å². The van der Waals surface area contributed by atoms with Crippen molar-refractivity contribution in [1.29, 1.82) is 0 Å². The Kier molecular flexibility index (Phi) is 5.36. The summed E-state index contributed by atoms with van der Waals surface area (Å²) in [7, 11) is 0. The summed E-state index contributed by atoms with van der Waals surface area (Å²) in [6.45, 7) is 5.13. The van der Waals surface area contributed by atoms with E-state index in [1.54, 1.807) is 0 Å². The van der Waals surface area contributed by atoms with Crippen LogP contribution in [0.3, 0.4) is 0 Å². The summed E-state index contributed by atoms with van der Waals surface area (Å²) in [5.41, 5.74) is 1.09. The molecule has 2 rings (SSSR count). The van der Waals surface area contributed by atoms with E-state index in [9.17, 15) is 14.7 Å². The van der Waals surface area contributed by atoms with Gasteiger partial charge in [-0.1, -0.05) is 6.92 Å². The normalized spacial score (nSPS) is 17.4. The van der Waals surface area contributed by atoms with E-state index in [-0.39, 0.29) is 11.8 Å². The molecular weight excluding hydrogens is 290 g/mol. The van der Waals surface area contributed by atoms with Crippen LogP contribution in [0.5, 0.6) is 0 Å². The van der Waals surface area contributed by atoms with Crippen LogP contribution in [-0.2, 0) is 16.0 Å². The maximum atomic E-state index is 12.3. The van der Waals surface area contributed by atoms with E-state index in [0.717, 1.165) is 16.9 Å². The van der Waals surface area contributed by atoms with Crippen LogP contribution in [0.2, 0.25) is 0 Å². The molecule has 0 saturated carbocycles. The maximum Gasteiger partial charge on any atom is 0.326 e. The minimum atomic E-state index is -0.973. The smallest absolute Gasteiger partial charge is 0.326 e. The van der Waals surface area contributed by atoms with Crippen molar-refractivity contribution in [2.24, 2.45) is 5.92 Å². The number of hydrogen-bond donors (Lipinski definition) is 2. The number of thiophene rings is 1. The molecule has 0 bridgehead atoms. The summed E-state index contributed by atoms with van der Waals surface area (Å²) >= 11 is 1.44. The fraction of sp³-hybridized carbons (Fsp3) is 0.600. The number of ether oxygens (including phenoxy) is 1. The molecule has 0 aliphatic carbocycles. The number of carboxylic acid groups (broad SMARTS) is 1. The highest BCUT2D eigenvalue weighted by Crippen LogP contribution is 2.24. The summed E-state index contributed by atoms with van der Waals surface area (Å²) in [4.78, 5) is 25.5. The van der Waals surface area contributed by atoms with Gasteiger partial charge in [-0.3, -0.25) is 4.79 Å². The van der Waals surface area contributed by atoms with Crippen LogP contribution in [0.25, 0.3) is 0 Å². The molecule has 1 aromatic rings. The Morgan fingerprint density at radius 2 is 2.14 bits per heavy atom. The molecule has 1 aliphatic rings. The zero-order valence-electron chi connectivity index (χ0n) is 12.3.